The fourth-order valence-electron chi connectivity index (χ4n) is 2.20. The van der Waals surface area contributed by atoms with Crippen molar-refractivity contribution >= 4 is 23.2 Å². The Kier molecular flexibility index (Phi) is 5.45. The lowest BCUT2D eigenvalue weighted by Gasteiger charge is -2.21. The van der Waals surface area contributed by atoms with Crippen molar-refractivity contribution in [1.29, 1.82) is 0 Å². The Morgan fingerprint density at radius 1 is 1.14 bits per heavy atom. The monoisotopic (exact) mass is 327 g/mol. The minimum atomic E-state index is -0.361. The Bertz CT molecular complexity index is 634. The van der Waals surface area contributed by atoms with Gasteiger partial charge in [-0.3, -0.25) is 0 Å². The van der Waals surface area contributed by atoms with Gasteiger partial charge < -0.3 is 10.1 Å². The lowest BCUT2D eigenvalue weighted by Crippen LogP contribution is -2.23. The second-order valence-electron chi connectivity index (χ2n) is 4.54. The molecule has 0 bridgehead atoms. The van der Waals surface area contributed by atoms with Crippen molar-refractivity contribution in [3.05, 3.63) is 63.4 Å². The van der Waals surface area contributed by atoms with Crippen molar-refractivity contribution in [3.8, 4) is 5.75 Å². The van der Waals surface area contributed by atoms with E-state index in [2.05, 4.69) is 5.32 Å². The number of rotatable bonds is 5. The van der Waals surface area contributed by atoms with Gasteiger partial charge in [-0.25, -0.2) is 4.39 Å². The standard InChI is InChI=1S/C16H16Cl2FNO/c1-3-20-16(13-6-4-10(17)8-15(13)19)12-7-5-11(21-2)9-14(12)18/h4-9,16,20H,3H2,1-2H3. The SMILES string of the molecule is CCNC(c1ccc(Cl)cc1F)c1ccc(OC)cc1Cl. The molecule has 1 N–H and O–H groups in total. The maximum Gasteiger partial charge on any atom is 0.129 e. The molecule has 0 spiro atoms. The number of nitrogens with one attached hydrogen (secondary N) is 1. The van der Waals surface area contributed by atoms with Gasteiger partial charge >= 0.3 is 0 Å². The molecule has 0 heterocycles. The zero-order valence-corrected chi connectivity index (χ0v) is 13.3. The van der Waals surface area contributed by atoms with Crippen molar-refractivity contribution in [2.45, 2.75) is 13.0 Å². The average Bonchev–Trinajstić information content (AvgIpc) is 2.46. The molecule has 0 aromatic heterocycles. The molecule has 2 aromatic carbocycles. The van der Waals surface area contributed by atoms with Gasteiger partial charge in [0, 0.05) is 15.6 Å². The van der Waals surface area contributed by atoms with Crippen LogP contribution in [0.25, 0.3) is 0 Å². The highest BCUT2D eigenvalue weighted by Crippen LogP contribution is 2.33. The van der Waals surface area contributed by atoms with E-state index in [1.165, 1.54) is 6.07 Å². The third kappa shape index (κ3) is 3.67. The third-order valence-corrected chi connectivity index (χ3v) is 3.76. The number of methoxy groups -OCH3 is 1. The van der Waals surface area contributed by atoms with Crippen LogP contribution in [0.3, 0.4) is 0 Å². The van der Waals surface area contributed by atoms with Crippen LogP contribution < -0.4 is 10.1 Å². The Morgan fingerprint density at radius 2 is 1.86 bits per heavy atom. The molecule has 0 saturated carbocycles. The first-order chi connectivity index (χ1) is 10.1. The van der Waals surface area contributed by atoms with E-state index in [0.717, 1.165) is 5.56 Å². The summed E-state index contributed by atoms with van der Waals surface area (Å²) in [5.74, 6) is 0.302. The summed E-state index contributed by atoms with van der Waals surface area (Å²) in [6.45, 7) is 2.63. The summed E-state index contributed by atoms with van der Waals surface area (Å²) in [6, 6.07) is 9.66. The van der Waals surface area contributed by atoms with Crippen LogP contribution in [-0.2, 0) is 0 Å². The summed E-state index contributed by atoms with van der Waals surface area (Å²) in [5.41, 5.74) is 1.30. The smallest absolute Gasteiger partial charge is 0.129 e. The van der Waals surface area contributed by atoms with E-state index < -0.39 is 0 Å². The molecule has 2 nitrogen and oxygen atoms in total. The molecule has 0 aliphatic rings. The van der Waals surface area contributed by atoms with Crippen LogP contribution in [0.2, 0.25) is 10.0 Å². The zero-order valence-electron chi connectivity index (χ0n) is 11.8. The van der Waals surface area contributed by atoms with Gasteiger partial charge in [0.15, 0.2) is 0 Å². The molecule has 5 heteroatoms. The molecule has 0 aliphatic carbocycles. The first kappa shape index (κ1) is 16.1. The lowest BCUT2D eigenvalue weighted by molar-refractivity contribution is 0.414. The summed E-state index contributed by atoms with van der Waals surface area (Å²) in [5, 5.41) is 4.14. The lowest BCUT2D eigenvalue weighted by atomic mass is 9.98. The van der Waals surface area contributed by atoms with Crippen LogP contribution in [0.4, 0.5) is 4.39 Å². The average molecular weight is 328 g/mol. The van der Waals surface area contributed by atoms with Crippen molar-refractivity contribution in [1.82, 2.24) is 5.32 Å². The predicted molar refractivity (Wildman–Crippen MR) is 84.9 cm³/mol. The summed E-state index contributed by atoms with van der Waals surface area (Å²) in [6.07, 6.45) is 0. The molecule has 21 heavy (non-hydrogen) atoms. The van der Waals surface area contributed by atoms with E-state index in [4.69, 9.17) is 27.9 Å². The Hall–Kier alpha value is -1.29. The highest BCUT2D eigenvalue weighted by molar-refractivity contribution is 6.31. The molecular formula is C16H16Cl2FNO. The molecule has 0 fully saturated rings. The Labute approximate surface area is 133 Å². The summed E-state index contributed by atoms with van der Waals surface area (Å²) in [4.78, 5) is 0. The number of halogens is 3. The van der Waals surface area contributed by atoms with E-state index in [1.54, 1.807) is 31.4 Å². The van der Waals surface area contributed by atoms with E-state index in [1.807, 2.05) is 13.0 Å². The molecule has 1 atom stereocenters. The van der Waals surface area contributed by atoms with Crippen LogP contribution in [0.15, 0.2) is 36.4 Å². The predicted octanol–water partition coefficient (Wildman–Crippen LogP) is 4.84. The Balaban J connectivity index is 2.48. The molecular weight excluding hydrogens is 312 g/mol. The highest BCUT2D eigenvalue weighted by Gasteiger charge is 2.20. The van der Waals surface area contributed by atoms with Gasteiger partial charge in [0.25, 0.3) is 0 Å². The van der Waals surface area contributed by atoms with E-state index in [9.17, 15) is 4.39 Å². The largest absolute Gasteiger partial charge is 0.497 e. The van der Waals surface area contributed by atoms with Gasteiger partial charge in [0.05, 0.1) is 13.2 Å². The summed E-state index contributed by atoms with van der Waals surface area (Å²) >= 11 is 12.1. The van der Waals surface area contributed by atoms with Crippen molar-refractivity contribution < 1.29 is 9.13 Å². The first-order valence-electron chi connectivity index (χ1n) is 6.58. The summed E-state index contributed by atoms with van der Waals surface area (Å²) in [7, 11) is 1.58. The fourth-order valence-corrected chi connectivity index (χ4v) is 2.63. The van der Waals surface area contributed by atoms with E-state index in [-0.39, 0.29) is 11.9 Å². The minimum Gasteiger partial charge on any atom is -0.497 e. The first-order valence-corrected chi connectivity index (χ1v) is 7.34. The highest BCUT2D eigenvalue weighted by atomic mass is 35.5. The van der Waals surface area contributed by atoms with E-state index >= 15 is 0 Å². The van der Waals surface area contributed by atoms with Crippen LogP contribution >= 0.6 is 23.2 Å². The van der Waals surface area contributed by atoms with Gasteiger partial charge in [-0.15, -0.1) is 0 Å². The number of hydrogen-bond acceptors (Lipinski definition) is 2. The van der Waals surface area contributed by atoms with Gasteiger partial charge in [-0.2, -0.15) is 0 Å². The van der Waals surface area contributed by atoms with Crippen LogP contribution in [0, 0.1) is 5.82 Å². The van der Waals surface area contributed by atoms with Crippen LogP contribution in [0.5, 0.6) is 5.75 Å². The maximum absolute atomic E-state index is 14.2. The molecule has 2 aromatic rings. The zero-order chi connectivity index (χ0) is 15.4. The molecule has 0 saturated heterocycles. The molecule has 1 unspecified atom stereocenters. The molecule has 112 valence electrons. The van der Waals surface area contributed by atoms with E-state index in [0.29, 0.717) is 27.9 Å². The topological polar surface area (TPSA) is 21.3 Å². The van der Waals surface area contributed by atoms with Gasteiger partial charge in [0.1, 0.15) is 11.6 Å². The Morgan fingerprint density at radius 3 is 2.43 bits per heavy atom. The van der Waals surface area contributed by atoms with Crippen LogP contribution in [-0.4, -0.2) is 13.7 Å². The third-order valence-electron chi connectivity index (χ3n) is 3.20. The molecule has 0 radical (unpaired) electrons. The van der Waals surface area contributed by atoms with Crippen molar-refractivity contribution in [2.75, 3.05) is 13.7 Å². The maximum atomic E-state index is 14.2. The number of ether oxygens (including phenoxy) is 1. The molecule has 0 aliphatic heterocycles. The number of benzene rings is 2. The minimum absolute atomic E-state index is 0.342. The second-order valence-corrected chi connectivity index (χ2v) is 5.39. The quantitative estimate of drug-likeness (QED) is 0.848. The van der Waals surface area contributed by atoms with Crippen molar-refractivity contribution in [3.63, 3.8) is 0 Å². The van der Waals surface area contributed by atoms with Crippen molar-refractivity contribution in [2.24, 2.45) is 0 Å². The number of hydrogen-bond donors (Lipinski definition) is 1. The van der Waals surface area contributed by atoms with Gasteiger partial charge in [0.2, 0.25) is 0 Å². The molecule has 2 rings (SSSR count). The fraction of sp³-hybridized carbons (Fsp3) is 0.250. The second kappa shape index (κ2) is 7.12. The van der Waals surface area contributed by atoms with Gasteiger partial charge in [-0.05, 0) is 36.4 Å². The summed E-state index contributed by atoms with van der Waals surface area (Å²) < 4.78 is 19.3. The van der Waals surface area contributed by atoms with Crippen LogP contribution in [0.1, 0.15) is 24.1 Å². The molecule has 0 amide bonds. The van der Waals surface area contributed by atoms with Gasteiger partial charge in [-0.1, -0.05) is 42.3 Å². The normalized spacial score (nSPS) is 12.2.